The summed E-state index contributed by atoms with van der Waals surface area (Å²) in [5, 5.41) is 13.2. The molecule has 4 heteroatoms. The van der Waals surface area contributed by atoms with E-state index in [1.165, 1.54) is 16.8 Å². The van der Waals surface area contributed by atoms with Crippen molar-refractivity contribution in [1.82, 2.24) is 9.78 Å². The maximum absolute atomic E-state index is 13.5. The molecule has 2 rings (SSSR count). The SMILES string of the molecule is C/C=C\C(C#Cc1ccn(-c2cc(F)cc(C#N)c2)n1)=C/C. The Labute approximate surface area is 129 Å². The van der Waals surface area contributed by atoms with E-state index >= 15 is 0 Å². The van der Waals surface area contributed by atoms with Crippen molar-refractivity contribution in [2.45, 2.75) is 13.8 Å². The quantitative estimate of drug-likeness (QED) is 0.624. The fourth-order valence-electron chi connectivity index (χ4n) is 1.83. The van der Waals surface area contributed by atoms with Gasteiger partial charge in [0.1, 0.15) is 11.5 Å². The largest absolute Gasteiger partial charge is 0.240 e. The maximum Gasteiger partial charge on any atom is 0.136 e. The molecule has 0 bridgehead atoms. The van der Waals surface area contributed by atoms with Crippen LogP contribution in [0.25, 0.3) is 5.69 Å². The fraction of sp³-hybridized carbons (Fsp3) is 0.111. The van der Waals surface area contributed by atoms with E-state index in [0.717, 1.165) is 5.57 Å². The normalized spacial score (nSPS) is 11.1. The minimum Gasteiger partial charge on any atom is -0.240 e. The van der Waals surface area contributed by atoms with Gasteiger partial charge < -0.3 is 0 Å². The molecule has 3 nitrogen and oxygen atoms in total. The van der Waals surface area contributed by atoms with Crippen LogP contribution in [0.5, 0.6) is 0 Å². The molecule has 0 saturated heterocycles. The van der Waals surface area contributed by atoms with Crippen LogP contribution in [0.3, 0.4) is 0 Å². The Bertz CT molecular complexity index is 839. The summed E-state index contributed by atoms with van der Waals surface area (Å²) in [4.78, 5) is 0. The highest BCUT2D eigenvalue weighted by Gasteiger charge is 2.04. The first-order valence-corrected chi connectivity index (χ1v) is 6.74. The van der Waals surface area contributed by atoms with Gasteiger partial charge in [-0.25, -0.2) is 9.07 Å². The van der Waals surface area contributed by atoms with Gasteiger partial charge in [0.05, 0.1) is 17.3 Å². The minimum absolute atomic E-state index is 0.252. The van der Waals surface area contributed by atoms with Crippen molar-refractivity contribution in [2.24, 2.45) is 0 Å². The second kappa shape index (κ2) is 7.06. The number of aromatic nitrogens is 2. The molecular formula is C18H14FN3. The molecule has 0 spiro atoms. The predicted octanol–water partition coefficient (Wildman–Crippen LogP) is 3.76. The molecule has 0 saturated carbocycles. The molecule has 0 N–H and O–H groups in total. The smallest absolute Gasteiger partial charge is 0.136 e. The van der Waals surface area contributed by atoms with Gasteiger partial charge in [0.2, 0.25) is 0 Å². The second-order valence-corrected chi connectivity index (χ2v) is 4.45. The summed E-state index contributed by atoms with van der Waals surface area (Å²) >= 11 is 0. The van der Waals surface area contributed by atoms with Crippen LogP contribution < -0.4 is 0 Å². The van der Waals surface area contributed by atoms with Gasteiger partial charge in [-0.2, -0.15) is 10.4 Å². The van der Waals surface area contributed by atoms with E-state index in [4.69, 9.17) is 5.26 Å². The molecule has 0 aliphatic carbocycles. The molecule has 0 radical (unpaired) electrons. The maximum atomic E-state index is 13.5. The average Bonchev–Trinajstić information content (AvgIpc) is 2.99. The Kier molecular flexibility index (Phi) is 4.90. The van der Waals surface area contributed by atoms with Crippen LogP contribution >= 0.6 is 0 Å². The van der Waals surface area contributed by atoms with Crippen LogP contribution in [-0.4, -0.2) is 9.78 Å². The lowest BCUT2D eigenvalue weighted by Crippen LogP contribution is -1.97. The van der Waals surface area contributed by atoms with Gasteiger partial charge in [0, 0.05) is 11.8 Å². The molecule has 1 aromatic heterocycles. The summed E-state index contributed by atoms with van der Waals surface area (Å²) in [6.07, 6.45) is 7.43. The molecule has 0 aliphatic rings. The van der Waals surface area contributed by atoms with E-state index in [9.17, 15) is 4.39 Å². The van der Waals surface area contributed by atoms with Crippen molar-refractivity contribution >= 4 is 0 Å². The van der Waals surface area contributed by atoms with Gasteiger partial charge in [0.25, 0.3) is 0 Å². The van der Waals surface area contributed by atoms with E-state index < -0.39 is 5.82 Å². The number of nitrogens with zero attached hydrogens (tertiary/aromatic N) is 3. The van der Waals surface area contributed by atoms with Gasteiger partial charge in [-0.1, -0.05) is 24.1 Å². The predicted molar refractivity (Wildman–Crippen MR) is 83.7 cm³/mol. The number of halogens is 1. The molecule has 108 valence electrons. The van der Waals surface area contributed by atoms with Crippen molar-refractivity contribution in [3.63, 3.8) is 0 Å². The lowest BCUT2D eigenvalue weighted by Gasteiger charge is -2.01. The zero-order valence-electron chi connectivity index (χ0n) is 12.3. The van der Waals surface area contributed by atoms with E-state index in [1.54, 1.807) is 18.3 Å². The monoisotopic (exact) mass is 291 g/mol. The Morgan fingerprint density at radius 1 is 1.32 bits per heavy atom. The highest BCUT2D eigenvalue weighted by molar-refractivity contribution is 5.44. The highest BCUT2D eigenvalue weighted by atomic mass is 19.1. The topological polar surface area (TPSA) is 41.6 Å². The van der Waals surface area contributed by atoms with Crippen LogP contribution in [0, 0.1) is 29.0 Å². The molecule has 0 amide bonds. The third kappa shape index (κ3) is 3.71. The molecule has 0 atom stereocenters. The van der Waals surface area contributed by atoms with E-state index in [1.807, 2.05) is 38.1 Å². The first-order chi connectivity index (χ1) is 10.7. The molecule has 0 fully saturated rings. The van der Waals surface area contributed by atoms with Crippen LogP contribution in [0.1, 0.15) is 25.1 Å². The minimum atomic E-state index is -0.471. The second-order valence-electron chi connectivity index (χ2n) is 4.45. The third-order valence-electron chi connectivity index (χ3n) is 2.86. The van der Waals surface area contributed by atoms with Crippen molar-refractivity contribution < 1.29 is 4.39 Å². The molecule has 0 aliphatic heterocycles. The number of hydrogen-bond donors (Lipinski definition) is 0. The van der Waals surface area contributed by atoms with Gasteiger partial charge in [0.15, 0.2) is 0 Å². The van der Waals surface area contributed by atoms with Crippen LogP contribution in [-0.2, 0) is 0 Å². The average molecular weight is 291 g/mol. The standard InChI is InChI=1S/C18H14FN3/c1-3-5-14(4-2)6-7-17-8-9-22(21-17)18-11-15(13-20)10-16(19)12-18/h3-5,8-12H,1-2H3/b5-3-,14-4+. The summed E-state index contributed by atoms with van der Waals surface area (Å²) in [7, 11) is 0. The molecule has 0 unspecified atom stereocenters. The molecule has 22 heavy (non-hydrogen) atoms. The fourth-order valence-corrected chi connectivity index (χ4v) is 1.83. The Balaban J connectivity index is 2.32. The Morgan fingerprint density at radius 3 is 2.82 bits per heavy atom. The summed E-state index contributed by atoms with van der Waals surface area (Å²) in [5.41, 5.74) is 2.22. The van der Waals surface area contributed by atoms with Crippen molar-refractivity contribution in [3.8, 4) is 23.6 Å². The van der Waals surface area contributed by atoms with Crippen molar-refractivity contribution in [3.05, 3.63) is 71.3 Å². The Hall–Kier alpha value is -3.11. The first kappa shape index (κ1) is 15.3. The van der Waals surface area contributed by atoms with Crippen LogP contribution in [0.2, 0.25) is 0 Å². The lowest BCUT2D eigenvalue weighted by atomic mass is 10.2. The number of benzene rings is 1. The lowest BCUT2D eigenvalue weighted by molar-refractivity contribution is 0.625. The molecule has 1 heterocycles. The first-order valence-electron chi connectivity index (χ1n) is 6.74. The van der Waals surface area contributed by atoms with Crippen LogP contribution in [0.15, 0.2) is 54.3 Å². The molecular weight excluding hydrogens is 277 g/mol. The van der Waals surface area contributed by atoms with Gasteiger partial charge in [-0.3, -0.25) is 0 Å². The highest BCUT2D eigenvalue weighted by Crippen LogP contribution is 2.13. The van der Waals surface area contributed by atoms with Crippen molar-refractivity contribution in [1.29, 1.82) is 5.26 Å². The summed E-state index contributed by atoms with van der Waals surface area (Å²) in [5.74, 6) is 5.49. The zero-order valence-corrected chi connectivity index (χ0v) is 12.3. The van der Waals surface area contributed by atoms with Gasteiger partial charge in [-0.15, -0.1) is 0 Å². The summed E-state index contributed by atoms with van der Waals surface area (Å²) in [6.45, 7) is 3.84. The molecule has 1 aromatic carbocycles. The van der Waals surface area contributed by atoms with Gasteiger partial charge in [-0.05, 0) is 44.0 Å². The summed E-state index contributed by atoms with van der Waals surface area (Å²) < 4.78 is 15.0. The number of hydrogen-bond acceptors (Lipinski definition) is 2. The Morgan fingerprint density at radius 2 is 2.14 bits per heavy atom. The van der Waals surface area contributed by atoms with E-state index in [0.29, 0.717) is 11.4 Å². The number of nitriles is 1. The number of rotatable bonds is 2. The summed E-state index contributed by atoms with van der Waals surface area (Å²) in [6, 6.07) is 7.74. The zero-order chi connectivity index (χ0) is 15.9. The van der Waals surface area contributed by atoms with Crippen LogP contribution in [0.4, 0.5) is 4.39 Å². The number of allylic oxidation sites excluding steroid dienone is 4. The molecule has 2 aromatic rings. The van der Waals surface area contributed by atoms with Crippen molar-refractivity contribution in [2.75, 3.05) is 0 Å². The van der Waals surface area contributed by atoms with E-state index in [-0.39, 0.29) is 5.56 Å². The van der Waals surface area contributed by atoms with E-state index in [2.05, 4.69) is 16.9 Å². The van der Waals surface area contributed by atoms with Gasteiger partial charge >= 0.3 is 0 Å². The third-order valence-corrected chi connectivity index (χ3v) is 2.86.